The predicted octanol–water partition coefficient (Wildman–Crippen LogP) is 3.70. The number of benzene rings is 1. The van der Waals surface area contributed by atoms with Gasteiger partial charge >= 0.3 is 0 Å². The molecule has 2 fully saturated rings. The minimum atomic E-state index is -0.797. The van der Waals surface area contributed by atoms with Crippen LogP contribution in [0.1, 0.15) is 44.6 Å². The summed E-state index contributed by atoms with van der Waals surface area (Å²) in [5.74, 6) is -0.782. The molecule has 0 aliphatic carbocycles. The van der Waals surface area contributed by atoms with Gasteiger partial charge in [-0.25, -0.2) is 8.78 Å². The lowest BCUT2D eigenvalue weighted by atomic mass is 9.82. The van der Waals surface area contributed by atoms with Gasteiger partial charge in [0.15, 0.2) is 17.6 Å². The molecular weight excluding hydrogens is 461 g/mol. The molecule has 0 radical (unpaired) electrons. The Bertz CT molecular complexity index is 626. The van der Waals surface area contributed by atoms with Crippen molar-refractivity contribution in [2.24, 2.45) is 4.99 Å². The maximum absolute atomic E-state index is 13.8. The second-order valence-electron chi connectivity index (χ2n) is 7.44. The summed E-state index contributed by atoms with van der Waals surface area (Å²) in [6.07, 6.45) is 6.54. The largest absolute Gasteiger partial charge is 0.357 e. The van der Waals surface area contributed by atoms with Crippen LogP contribution in [0, 0.1) is 11.6 Å². The molecule has 2 heterocycles. The Morgan fingerprint density at radius 1 is 1.22 bits per heavy atom. The molecule has 0 aromatic heterocycles. The number of rotatable bonds is 5. The third kappa shape index (κ3) is 5.76. The van der Waals surface area contributed by atoms with Crippen LogP contribution < -0.4 is 10.6 Å². The molecule has 2 saturated heterocycles. The van der Waals surface area contributed by atoms with Crippen molar-refractivity contribution in [1.29, 1.82) is 0 Å². The van der Waals surface area contributed by atoms with E-state index < -0.39 is 11.6 Å². The van der Waals surface area contributed by atoms with Crippen LogP contribution in [0.25, 0.3) is 0 Å². The Hall–Kier alpha value is -0.960. The lowest BCUT2D eigenvalue weighted by Gasteiger charge is -2.47. The number of guanidine groups is 1. The molecule has 3 rings (SSSR count). The highest BCUT2D eigenvalue weighted by molar-refractivity contribution is 14.0. The molecule has 2 aliphatic rings. The summed E-state index contributed by atoms with van der Waals surface area (Å²) in [5, 5.41) is 6.84. The highest BCUT2D eigenvalue weighted by Gasteiger charge is 2.36. The summed E-state index contributed by atoms with van der Waals surface area (Å²) < 4.78 is 27.1. The Morgan fingerprint density at radius 3 is 2.59 bits per heavy atom. The van der Waals surface area contributed by atoms with Crippen LogP contribution in [0.3, 0.4) is 0 Å². The van der Waals surface area contributed by atoms with Gasteiger partial charge in [-0.3, -0.25) is 4.99 Å². The summed E-state index contributed by atoms with van der Waals surface area (Å²) in [6.45, 7) is 3.24. The molecule has 27 heavy (non-hydrogen) atoms. The lowest BCUT2D eigenvalue weighted by molar-refractivity contribution is 0.0526. The van der Waals surface area contributed by atoms with E-state index in [1.165, 1.54) is 25.3 Å². The summed E-state index contributed by atoms with van der Waals surface area (Å²) in [4.78, 5) is 7.12. The molecule has 1 aromatic carbocycles. The third-order valence-corrected chi connectivity index (χ3v) is 5.71. The maximum Gasteiger partial charge on any atom is 0.191 e. The Morgan fingerprint density at radius 2 is 1.93 bits per heavy atom. The SMILES string of the molecule is CCNC(=NCCc1cccc(F)c1F)NC1CC2CCCC(C1)N2C.I. The molecule has 2 N–H and O–H groups in total. The summed E-state index contributed by atoms with van der Waals surface area (Å²) >= 11 is 0. The summed E-state index contributed by atoms with van der Waals surface area (Å²) in [6, 6.07) is 6.04. The predicted molar refractivity (Wildman–Crippen MR) is 117 cm³/mol. The number of hydrogen-bond acceptors (Lipinski definition) is 2. The van der Waals surface area contributed by atoms with Crippen LogP contribution in [0.15, 0.2) is 23.2 Å². The number of halogens is 3. The molecule has 152 valence electrons. The monoisotopic (exact) mass is 492 g/mol. The second-order valence-corrected chi connectivity index (χ2v) is 7.44. The summed E-state index contributed by atoms with van der Waals surface area (Å²) in [5.41, 5.74) is 0.374. The number of piperidine rings is 2. The van der Waals surface area contributed by atoms with Gasteiger partial charge in [0.2, 0.25) is 0 Å². The number of hydrogen-bond donors (Lipinski definition) is 2. The van der Waals surface area contributed by atoms with Crippen molar-refractivity contribution < 1.29 is 8.78 Å². The van der Waals surface area contributed by atoms with Crippen molar-refractivity contribution in [3.63, 3.8) is 0 Å². The van der Waals surface area contributed by atoms with Crippen molar-refractivity contribution in [3.8, 4) is 0 Å². The quantitative estimate of drug-likeness (QED) is 0.374. The van der Waals surface area contributed by atoms with Crippen LogP contribution in [0.2, 0.25) is 0 Å². The average Bonchev–Trinajstić information content (AvgIpc) is 2.59. The van der Waals surface area contributed by atoms with Crippen LogP contribution in [-0.2, 0) is 6.42 Å². The average molecular weight is 492 g/mol. The molecule has 2 aliphatic heterocycles. The number of fused-ring (bicyclic) bond motifs is 2. The van der Waals surface area contributed by atoms with Crippen LogP contribution in [0.4, 0.5) is 8.78 Å². The first kappa shape index (κ1) is 22.3. The van der Waals surface area contributed by atoms with Gasteiger partial charge < -0.3 is 15.5 Å². The first-order chi connectivity index (χ1) is 12.6. The highest BCUT2D eigenvalue weighted by atomic mass is 127. The fourth-order valence-corrected chi connectivity index (χ4v) is 4.28. The third-order valence-electron chi connectivity index (χ3n) is 5.71. The molecule has 2 atom stereocenters. The van der Waals surface area contributed by atoms with E-state index in [9.17, 15) is 8.78 Å². The van der Waals surface area contributed by atoms with Gasteiger partial charge in [-0.2, -0.15) is 0 Å². The van der Waals surface area contributed by atoms with Gasteiger partial charge in [0.25, 0.3) is 0 Å². The molecule has 2 unspecified atom stereocenters. The smallest absolute Gasteiger partial charge is 0.191 e. The molecule has 2 bridgehead atoms. The molecule has 0 amide bonds. The van der Waals surface area contributed by atoms with Gasteiger partial charge in [-0.05, 0) is 57.7 Å². The zero-order valence-corrected chi connectivity index (χ0v) is 18.5. The fraction of sp³-hybridized carbons (Fsp3) is 0.650. The van der Waals surface area contributed by atoms with E-state index in [1.54, 1.807) is 6.07 Å². The molecule has 0 spiro atoms. The number of nitrogens with one attached hydrogen (secondary N) is 2. The zero-order chi connectivity index (χ0) is 18.5. The minimum absolute atomic E-state index is 0. The van der Waals surface area contributed by atoms with Crippen LogP contribution in [0.5, 0.6) is 0 Å². The topological polar surface area (TPSA) is 39.7 Å². The standard InChI is InChI=1S/C20H30F2N4.HI/c1-3-23-20(24-11-10-14-6-4-9-18(21)19(14)22)25-15-12-16-7-5-8-17(13-15)26(16)2;/h4,6,9,15-17H,3,5,7-8,10-13H2,1-2H3,(H2,23,24,25);1H. The van der Waals surface area contributed by atoms with Crippen LogP contribution >= 0.6 is 24.0 Å². The minimum Gasteiger partial charge on any atom is -0.357 e. The van der Waals surface area contributed by atoms with Gasteiger partial charge in [-0.15, -0.1) is 24.0 Å². The van der Waals surface area contributed by atoms with Crippen molar-refractivity contribution in [3.05, 3.63) is 35.4 Å². The van der Waals surface area contributed by atoms with E-state index in [4.69, 9.17) is 0 Å². The van der Waals surface area contributed by atoms with Gasteiger partial charge in [0.05, 0.1) is 0 Å². The van der Waals surface area contributed by atoms with Crippen LogP contribution in [-0.4, -0.2) is 49.1 Å². The number of aliphatic imine (C=N–C) groups is 1. The van der Waals surface area contributed by atoms with Crippen molar-refractivity contribution >= 4 is 29.9 Å². The molecule has 4 nitrogen and oxygen atoms in total. The Balaban J connectivity index is 0.00000261. The first-order valence-electron chi connectivity index (χ1n) is 9.78. The molecule has 1 aromatic rings. The van der Waals surface area contributed by atoms with Crippen molar-refractivity contribution in [1.82, 2.24) is 15.5 Å². The van der Waals surface area contributed by atoms with Gasteiger partial charge in [0, 0.05) is 31.2 Å². The fourth-order valence-electron chi connectivity index (χ4n) is 4.28. The molecule has 7 heteroatoms. The van der Waals surface area contributed by atoms with Gasteiger partial charge in [-0.1, -0.05) is 18.6 Å². The van der Waals surface area contributed by atoms with E-state index in [0.717, 1.165) is 31.4 Å². The number of nitrogens with zero attached hydrogens (tertiary/aromatic N) is 2. The highest BCUT2D eigenvalue weighted by Crippen LogP contribution is 2.32. The maximum atomic E-state index is 13.8. The normalized spacial score (nSPS) is 25.6. The van der Waals surface area contributed by atoms with E-state index in [1.807, 2.05) is 6.92 Å². The van der Waals surface area contributed by atoms with E-state index in [-0.39, 0.29) is 24.0 Å². The second kappa shape index (κ2) is 10.5. The molecule has 0 saturated carbocycles. The zero-order valence-electron chi connectivity index (χ0n) is 16.2. The Labute approximate surface area is 178 Å². The first-order valence-corrected chi connectivity index (χ1v) is 9.78. The van der Waals surface area contributed by atoms with E-state index in [2.05, 4.69) is 27.6 Å². The van der Waals surface area contributed by atoms with Gasteiger partial charge in [0.1, 0.15) is 0 Å². The van der Waals surface area contributed by atoms with E-state index in [0.29, 0.717) is 36.7 Å². The summed E-state index contributed by atoms with van der Waals surface area (Å²) in [7, 11) is 2.25. The lowest BCUT2D eigenvalue weighted by Crippen LogP contribution is -2.56. The van der Waals surface area contributed by atoms with Crippen molar-refractivity contribution in [2.75, 3.05) is 20.1 Å². The van der Waals surface area contributed by atoms with Crippen molar-refractivity contribution in [2.45, 2.75) is 63.6 Å². The Kier molecular flexibility index (Phi) is 8.72. The van der Waals surface area contributed by atoms with E-state index >= 15 is 0 Å². The molecular formula is C20H31F2IN4.